The Morgan fingerprint density at radius 1 is 1.50 bits per heavy atom. The number of hydrogen-bond donors (Lipinski definition) is 0. The van der Waals surface area contributed by atoms with E-state index < -0.39 is 0 Å². The van der Waals surface area contributed by atoms with Crippen LogP contribution in [0.3, 0.4) is 0 Å². The van der Waals surface area contributed by atoms with Crippen molar-refractivity contribution in [3.8, 4) is 11.4 Å². The van der Waals surface area contributed by atoms with Crippen molar-refractivity contribution in [2.75, 3.05) is 13.1 Å². The Morgan fingerprint density at radius 3 is 3.19 bits per heavy atom. The second-order valence-corrected chi connectivity index (χ2v) is 7.46. The highest BCUT2D eigenvalue weighted by Gasteiger charge is 2.28. The fourth-order valence-corrected chi connectivity index (χ4v) is 4.05. The summed E-state index contributed by atoms with van der Waals surface area (Å²) < 4.78 is 7.12. The Bertz CT molecular complexity index is 843. The topological polar surface area (TPSA) is 77.0 Å². The largest absolute Gasteiger partial charge is 0.341 e. The molecule has 0 N–H and O–H groups in total. The first-order valence-electron chi connectivity index (χ1n) is 8.84. The molecule has 0 aliphatic carbocycles. The molecule has 1 amide bonds. The second kappa shape index (κ2) is 7.41. The zero-order valence-electron chi connectivity index (χ0n) is 14.6. The molecule has 0 aromatic carbocycles. The zero-order valence-corrected chi connectivity index (χ0v) is 15.4. The molecule has 4 heterocycles. The average molecular weight is 371 g/mol. The molecule has 7 nitrogen and oxygen atoms in total. The Balaban J connectivity index is 1.38. The molecule has 3 aromatic rings. The van der Waals surface area contributed by atoms with E-state index in [4.69, 9.17) is 4.52 Å². The van der Waals surface area contributed by atoms with E-state index in [2.05, 4.69) is 15.2 Å². The van der Waals surface area contributed by atoms with Gasteiger partial charge < -0.3 is 9.42 Å². The van der Waals surface area contributed by atoms with E-state index in [0.717, 1.165) is 31.5 Å². The second-order valence-electron chi connectivity index (χ2n) is 6.68. The maximum absolute atomic E-state index is 12.8. The molecule has 4 rings (SSSR count). The number of nitrogens with zero attached hydrogens (tertiary/aromatic N) is 5. The van der Waals surface area contributed by atoms with Gasteiger partial charge in [0.1, 0.15) is 6.04 Å². The Hall–Kier alpha value is -2.48. The zero-order chi connectivity index (χ0) is 17.9. The van der Waals surface area contributed by atoms with Gasteiger partial charge in [-0.15, -0.1) is 0 Å². The van der Waals surface area contributed by atoms with Gasteiger partial charge in [0.15, 0.2) is 0 Å². The minimum atomic E-state index is -0.280. The van der Waals surface area contributed by atoms with Gasteiger partial charge in [-0.2, -0.15) is 21.4 Å². The van der Waals surface area contributed by atoms with Gasteiger partial charge in [0.05, 0.1) is 0 Å². The first kappa shape index (κ1) is 17.0. The fraction of sp³-hybridized carbons (Fsp3) is 0.444. The number of likely N-dealkylation sites (tertiary alicyclic amines) is 1. The smallest absolute Gasteiger partial charge is 0.247 e. The monoisotopic (exact) mass is 371 g/mol. The van der Waals surface area contributed by atoms with Crippen LogP contribution < -0.4 is 0 Å². The molecule has 0 radical (unpaired) electrons. The molecule has 3 aromatic heterocycles. The number of rotatable bonds is 5. The number of carbonyl (C=O) groups excluding carboxylic acids is 1. The molecule has 1 fully saturated rings. The molecule has 0 saturated carbocycles. The molecule has 1 aliphatic rings. The predicted octanol–water partition coefficient (Wildman–Crippen LogP) is 3.04. The van der Waals surface area contributed by atoms with Gasteiger partial charge in [-0.1, -0.05) is 5.16 Å². The van der Waals surface area contributed by atoms with E-state index in [-0.39, 0.29) is 11.9 Å². The van der Waals surface area contributed by atoms with Gasteiger partial charge in [-0.3, -0.25) is 9.48 Å². The molecular formula is C18H21N5O2S. The minimum absolute atomic E-state index is 0.114. The first-order valence-corrected chi connectivity index (χ1v) is 9.78. The molecule has 0 bridgehead atoms. The van der Waals surface area contributed by atoms with E-state index in [1.165, 1.54) is 0 Å². The van der Waals surface area contributed by atoms with Crippen molar-refractivity contribution in [1.29, 1.82) is 0 Å². The number of piperidine rings is 1. The van der Waals surface area contributed by atoms with Gasteiger partial charge in [0, 0.05) is 42.8 Å². The molecule has 26 heavy (non-hydrogen) atoms. The standard InChI is InChI=1S/C18H21N5O2S/c1-13(23-8-3-6-19-23)18(24)22-7-2-4-14(11-22)10-16-20-17(21-25-16)15-5-9-26-12-15/h3,5-6,8-9,12-14H,2,4,7,10-11H2,1H3/t13-,14+/m1/s1. The van der Waals surface area contributed by atoms with Gasteiger partial charge in [-0.25, -0.2) is 0 Å². The SMILES string of the molecule is C[C@H](C(=O)N1CCC[C@@H](Cc2nc(-c3ccsc3)no2)C1)n1cccn1. The lowest BCUT2D eigenvalue weighted by atomic mass is 9.94. The molecule has 1 aliphatic heterocycles. The number of hydrogen-bond acceptors (Lipinski definition) is 6. The summed E-state index contributed by atoms with van der Waals surface area (Å²) in [6.45, 7) is 3.41. The summed E-state index contributed by atoms with van der Waals surface area (Å²) in [5, 5.41) is 12.3. The molecule has 0 spiro atoms. The van der Waals surface area contributed by atoms with E-state index >= 15 is 0 Å². The highest BCUT2D eigenvalue weighted by molar-refractivity contribution is 7.08. The quantitative estimate of drug-likeness (QED) is 0.689. The summed E-state index contributed by atoms with van der Waals surface area (Å²) in [5.74, 6) is 1.74. The van der Waals surface area contributed by atoms with Crippen LogP contribution in [0.4, 0.5) is 0 Å². The third kappa shape index (κ3) is 3.55. The normalized spacial score (nSPS) is 18.8. The highest BCUT2D eigenvalue weighted by atomic mass is 32.1. The van der Waals surface area contributed by atoms with Crippen LogP contribution in [-0.4, -0.2) is 43.8 Å². The van der Waals surface area contributed by atoms with Gasteiger partial charge in [-0.05, 0) is 43.2 Å². The maximum Gasteiger partial charge on any atom is 0.247 e. The first-order chi connectivity index (χ1) is 12.7. The molecule has 2 atom stereocenters. The summed E-state index contributed by atoms with van der Waals surface area (Å²) in [7, 11) is 0. The Labute approximate surface area is 155 Å². The van der Waals surface area contributed by atoms with Crippen molar-refractivity contribution in [2.24, 2.45) is 5.92 Å². The van der Waals surface area contributed by atoms with Gasteiger partial charge in [0.25, 0.3) is 0 Å². The number of aromatic nitrogens is 4. The Morgan fingerprint density at radius 2 is 2.42 bits per heavy atom. The minimum Gasteiger partial charge on any atom is -0.341 e. The van der Waals surface area contributed by atoms with Crippen molar-refractivity contribution in [3.63, 3.8) is 0 Å². The van der Waals surface area contributed by atoms with Crippen molar-refractivity contribution in [1.82, 2.24) is 24.8 Å². The molecule has 1 saturated heterocycles. The van der Waals surface area contributed by atoms with Crippen LogP contribution in [0.25, 0.3) is 11.4 Å². The summed E-state index contributed by atoms with van der Waals surface area (Å²) >= 11 is 1.61. The lowest BCUT2D eigenvalue weighted by Gasteiger charge is -2.33. The summed E-state index contributed by atoms with van der Waals surface area (Å²) in [4.78, 5) is 19.2. The molecule has 0 unspecified atom stereocenters. The van der Waals surface area contributed by atoms with E-state index in [0.29, 0.717) is 24.1 Å². The molecule has 136 valence electrons. The van der Waals surface area contributed by atoms with Crippen LogP contribution in [0.15, 0.2) is 39.8 Å². The van der Waals surface area contributed by atoms with E-state index in [9.17, 15) is 4.79 Å². The van der Waals surface area contributed by atoms with Crippen molar-refractivity contribution >= 4 is 17.2 Å². The molecular weight excluding hydrogens is 350 g/mol. The fourth-order valence-electron chi connectivity index (χ4n) is 3.41. The summed E-state index contributed by atoms with van der Waals surface area (Å²) in [6.07, 6.45) is 6.29. The Kier molecular flexibility index (Phi) is 4.83. The van der Waals surface area contributed by atoms with Crippen molar-refractivity contribution in [3.05, 3.63) is 41.2 Å². The van der Waals surface area contributed by atoms with Crippen LogP contribution in [-0.2, 0) is 11.2 Å². The average Bonchev–Trinajstić information content (AvgIpc) is 3.42. The van der Waals surface area contributed by atoms with Crippen LogP contribution in [0, 0.1) is 5.92 Å². The third-order valence-electron chi connectivity index (χ3n) is 4.82. The lowest BCUT2D eigenvalue weighted by Crippen LogP contribution is -2.43. The van der Waals surface area contributed by atoms with Crippen LogP contribution in [0.2, 0.25) is 0 Å². The van der Waals surface area contributed by atoms with Crippen molar-refractivity contribution < 1.29 is 9.32 Å². The predicted molar refractivity (Wildman–Crippen MR) is 97.6 cm³/mol. The maximum atomic E-state index is 12.8. The molecule has 8 heteroatoms. The number of amides is 1. The summed E-state index contributed by atoms with van der Waals surface area (Å²) in [6, 6.07) is 3.54. The van der Waals surface area contributed by atoms with E-state index in [1.807, 2.05) is 40.9 Å². The van der Waals surface area contributed by atoms with Crippen LogP contribution >= 0.6 is 11.3 Å². The number of carbonyl (C=O) groups is 1. The van der Waals surface area contributed by atoms with Gasteiger partial charge >= 0.3 is 0 Å². The third-order valence-corrected chi connectivity index (χ3v) is 5.50. The van der Waals surface area contributed by atoms with E-state index in [1.54, 1.807) is 22.2 Å². The van der Waals surface area contributed by atoms with Gasteiger partial charge in [0.2, 0.25) is 17.6 Å². The summed E-state index contributed by atoms with van der Waals surface area (Å²) in [5.41, 5.74) is 0.985. The van der Waals surface area contributed by atoms with Crippen LogP contribution in [0.1, 0.15) is 31.7 Å². The lowest BCUT2D eigenvalue weighted by molar-refractivity contribution is -0.136. The highest BCUT2D eigenvalue weighted by Crippen LogP contribution is 2.24. The number of thiophene rings is 1. The van der Waals surface area contributed by atoms with Crippen LogP contribution in [0.5, 0.6) is 0 Å². The van der Waals surface area contributed by atoms with Crippen molar-refractivity contribution in [2.45, 2.75) is 32.2 Å².